The van der Waals surface area contributed by atoms with Gasteiger partial charge in [-0.3, -0.25) is 9.69 Å². The second kappa shape index (κ2) is 11.5. The van der Waals surface area contributed by atoms with Crippen LogP contribution in [-0.2, 0) is 17.9 Å². The molecule has 202 valence electrons. The predicted molar refractivity (Wildman–Crippen MR) is 150 cm³/mol. The molecule has 0 unspecified atom stereocenters. The monoisotopic (exact) mass is 517 g/mol. The molecule has 1 aliphatic carbocycles. The van der Waals surface area contributed by atoms with Gasteiger partial charge in [0.2, 0.25) is 5.91 Å². The average molecular weight is 518 g/mol. The fraction of sp³-hybridized carbons (Fsp3) is 0.500. The van der Waals surface area contributed by atoms with E-state index in [0.29, 0.717) is 25.6 Å². The van der Waals surface area contributed by atoms with Crippen LogP contribution in [0.15, 0.2) is 42.7 Å². The van der Waals surface area contributed by atoms with E-state index >= 15 is 0 Å². The molecular formula is C30H39N5O3. The number of urea groups is 1. The molecule has 0 bridgehead atoms. The van der Waals surface area contributed by atoms with E-state index in [2.05, 4.69) is 30.1 Å². The molecule has 3 aromatic rings. The van der Waals surface area contributed by atoms with Crippen LogP contribution < -0.4 is 9.64 Å². The Morgan fingerprint density at radius 2 is 1.97 bits per heavy atom. The molecule has 0 spiro atoms. The van der Waals surface area contributed by atoms with Gasteiger partial charge in [-0.2, -0.15) is 0 Å². The van der Waals surface area contributed by atoms with Crippen molar-refractivity contribution in [1.29, 1.82) is 0 Å². The lowest BCUT2D eigenvalue weighted by atomic mass is 10.1. The highest BCUT2D eigenvalue weighted by atomic mass is 16.5. The number of aromatic nitrogens is 2. The number of hydrogen-bond donors (Lipinski definition) is 0. The van der Waals surface area contributed by atoms with Gasteiger partial charge in [-0.1, -0.05) is 25.8 Å². The molecule has 2 fully saturated rings. The van der Waals surface area contributed by atoms with Crippen molar-refractivity contribution in [3.05, 3.63) is 53.9 Å². The summed E-state index contributed by atoms with van der Waals surface area (Å²) in [6.45, 7) is 5.06. The number of fused-ring (bicyclic) bond motifs is 1. The Balaban J connectivity index is 1.33. The second-order valence-corrected chi connectivity index (χ2v) is 10.7. The number of carbonyl (C=O) groups is 2. The van der Waals surface area contributed by atoms with Gasteiger partial charge >= 0.3 is 6.03 Å². The summed E-state index contributed by atoms with van der Waals surface area (Å²) in [5.74, 6) is 1.54. The largest absolute Gasteiger partial charge is 0.493 e. The molecular weight excluding hydrogens is 478 g/mol. The van der Waals surface area contributed by atoms with Crippen LogP contribution in [0.5, 0.6) is 5.75 Å². The Morgan fingerprint density at radius 3 is 2.74 bits per heavy atom. The zero-order valence-corrected chi connectivity index (χ0v) is 22.9. The van der Waals surface area contributed by atoms with E-state index in [4.69, 9.17) is 4.74 Å². The van der Waals surface area contributed by atoms with Crippen LogP contribution in [0.1, 0.15) is 62.5 Å². The highest BCUT2D eigenvalue weighted by Crippen LogP contribution is 2.45. The summed E-state index contributed by atoms with van der Waals surface area (Å²) in [5, 5.41) is 0.973. The van der Waals surface area contributed by atoms with Crippen LogP contribution >= 0.6 is 0 Å². The zero-order valence-electron chi connectivity index (χ0n) is 22.9. The van der Waals surface area contributed by atoms with E-state index in [-0.39, 0.29) is 18.5 Å². The number of hydrogen-bond acceptors (Lipinski definition) is 4. The molecule has 1 saturated carbocycles. The summed E-state index contributed by atoms with van der Waals surface area (Å²) in [4.78, 5) is 35.8. The van der Waals surface area contributed by atoms with Crippen molar-refractivity contribution in [3.63, 3.8) is 0 Å². The Labute approximate surface area is 225 Å². The van der Waals surface area contributed by atoms with Crippen molar-refractivity contribution in [2.24, 2.45) is 0 Å². The third-order valence-electron chi connectivity index (χ3n) is 7.56. The number of ether oxygens (including phenoxy) is 1. The van der Waals surface area contributed by atoms with Crippen molar-refractivity contribution in [2.75, 3.05) is 38.7 Å². The quantitative estimate of drug-likeness (QED) is 0.319. The minimum Gasteiger partial charge on any atom is -0.493 e. The number of nitrogens with zero attached hydrogens (tertiary/aromatic N) is 5. The molecule has 2 aliphatic rings. The molecule has 3 amide bonds. The van der Waals surface area contributed by atoms with E-state index in [1.165, 1.54) is 24.8 Å². The van der Waals surface area contributed by atoms with Crippen molar-refractivity contribution in [3.8, 4) is 5.75 Å². The van der Waals surface area contributed by atoms with E-state index in [1.54, 1.807) is 25.2 Å². The molecule has 0 N–H and O–H groups in total. The summed E-state index contributed by atoms with van der Waals surface area (Å²) < 4.78 is 8.10. The number of amides is 3. The molecule has 0 atom stereocenters. The zero-order chi connectivity index (χ0) is 26.6. The molecule has 3 heterocycles. The van der Waals surface area contributed by atoms with Gasteiger partial charge in [0.1, 0.15) is 17.9 Å². The van der Waals surface area contributed by atoms with Gasteiger partial charge < -0.3 is 19.1 Å². The molecule has 38 heavy (non-hydrogen) atoms. The first-order valence-electron chi connectivity index (χ1n) is 13.9. The van der Waals surface area contributed by atoms with Crippen molar-refractivity contribution >= 4 is 28.7 Å². The molecule has 2 aromatic heterocycles. The standard InChI is InChI=1S/C30H39N5O3/c1-4-5-6-18-38-27-19-24(10-11-25(27)22-8-9-22)35-16-7-15-34(30(35)37)20-23-12-14-31-29-26(23)13-17-33(29)21-28(36)32(2)3/h10-14,17,19,22H,4-9,15-16,18,20-21H2,1-3H3. The Morgan fingerprint density at radius 1 is 1.13 bits per heavy atom. The highest BCUT2D eigenvalue weighted by Gasteiger charge is 2.30. The van der Waals surface area contributed by atoms with Crippen LogP contribution in [0, 0.1) is 0 Å². The average Bonchev–Trinajstić information content (AvgIpc) is 3.68. The first-order valence-corrected chi connectivity index (χ1v) is 13.9. The minimum atomic E-state index is 0.0120. The predicted octanol–water partition coefficient (Wildman–Crippen LogP) is 5.40. The maximum Gasteiger partial charge on any atom is 0.324 e. The number of benzene rings is 1. The molecule has 1 aliphatic heterocycles. The molecule has 1 saturated heterocycles. The van der Waals surface area contributed by atoms with Crippen LogP contribution in [0.2, 0.25) is 0 Å². The van der Waals surface area contributed by atoms with Crippen LogP contribution in [0.25, 0.3) is 11.0 Å². The topological polar surface area (TPSA) is 70.9 Å². The maximum absolute atomic E-state index is 13.7. The third-order valence-corrected chi connectivity index (χ3v) is 7.56. The Kier molecular flexibility index (Phi) is 7.86. The van der Waals surface area contributed by atoms with Crippen molar-refractivity contribution < 1.29 is 14.3 Å². The fourth-order valence-corrected chi connectivity index (χ4v) is 5.15. The number of likely N-dealkylation sites (N-methyl/N-ethyl adjacent to an activating group) is 1. The normalized spacial score (nSPS) is 15.8. The summed E-state index contributed by atoms with van der Waals surface area (Å²) in [6.07, 6.45) is 10.4. The molecule has 1 aromatic carbocycles. The Bertz CT molecular complexity index is 1300. The summed E-state index contributed by atoms with van der Waals surface area (Å²) in [6, 6.07) is 10.3. The van der Waals surface area contributed by atoms with Gasteiger partial charge in [0.25, 0.3) is 0 Å². The summed E-state index contributed by atoms with van der Waals surface area (Å²) in [5.41, 5.74) is 3.98. The number of anilines is 1. The smallest absolute Gasteiger partial charge is 0.324 e. The van der Waals surface area contributed by atoms with Gasteiger partial charge in [-0.15, -0.1) is 0 Å². The highest BCUT2D eigenvalue weighted by molar-refractivity contribution is 5.93. The van der Waals surface area contributed by atoms with Crippen molar-refractivity contribution in [1.82, 2.24) is 19.4 Å². The fourth-order valence-electron chi connectivity index (χ4n) is 5.15. The Hall–Kier alpha value is -3.55. The number of carbonyl (C=O) groups excluding carboxylic acids is 2. The molecule has 8 heteroatoms. The lowest BCUT2D eigenvalue weighted by Gasteiger charge is -2.36. The lowest BCUT2D eigenvalue weighted by molar-refractivity contribution is -0.129. The van der Waals surface area contributed by atoms with E-state index in [1.807, 2.05) is 32.7 Å². The van der Waals surface area contributed by atoms with E-state index < -0.39 is 0 Å². The first kappa shape index (κ1) is 26.1. The number of unbranched alkanes of at least 4 members (excludes halogenated alkanes) is 2. The van der Waals surface area contributed by atoms with Gasteiger partial charge in [0, 0.05) is 63.3 Å². The third kappa shape index (κ3) is 5.64. The van der Waals surface area contributed by atoms with E-state index in [9.17, 15) is 9.59 Å². The van der Waals surface area contributed by atoms with Gasteiger partial charge in [-0.25, -0.2) is 9.78 Å². The number of rotatable bonds is 11. The number of pyridine rings is 1. The van der Waals surface area contributed by atoms with Crippen molar-refractivity contribution in [2.45, 2.75) is 64.5 Å². The van der Waals surface area contributed by atoms with Gasteiger partial charge in [0.05, 0.1) is 6.61 Å². The maximum atomic E-state index is 13.7. The van der Waals surface area contributed by atoms with Gasteiger partial charge in [0.15, 0.2) is 0 Å². The van der Waals surface area contributed by atoms with Crippen LogP contribution in [0.4, 0.5) is 10.5 Å². The summed E-state index contributed by atoms with van der Waals surface area (Å²) >= 11 is 0. The molecule has 0 radical (unpaired) electrons. The summed E-state index contributed by atoms with van der Waals surface area (Å²) in [7, 11) is 3.50. The first-order chi connectivity index (χ1) is 18.5. The molecule has 8 nitrogen and oxygen atoms in total. The van der Waals surface area contributed by atoms with E-state index in [0.717, 1.165) is 53.9 Å². The SMILES string of the molecule is CCCCCOc1cc(N2CCCN(Cc3ccnc4c3ccn4CC(=O)N(C)C)C2=O)ccc1C1CC1. The lowest BCUT2D eigenvalue weighted by Crippen LogP contribution is -2.49. The van der Waals surface area contributed by atoms with Gasteiger partial charge in [-0.05, 0) is 60.9 Å². The van der Waals surface area contributed by atoms with Crippen LogP contribution in [-0.4, -0.2) is 65.1 Å². The molecule has 5 rings (SSSR count). The van der Waals surface area contributed by atoms with Crippen LogP contribution in [0.3, 0.4) is 0 Å². The second-order valence-electron chi connectivity index (χ2n) is 10.7. The minimum absolute atomic E-state index is 0.0120.